The number of furan rings is 1. The van der Waals surface area contributed by atoms with Crippen LogP contribution < -0.4 is 4.90 Å². The first-order valence-corrected chi connectivity index (χ1v) is 19.5. The van der Waals surface area contributed by atoms with Gasteiger partial charge in [0.05, 0.1) is 11.4 Å². The van der Waals surface area contributed by atoms with Crippen molar-refractivity contribution >= 4 is 81.3 Å². The molecule has 11 aromatic rings. The second kappa shape index (κ2) is 12.9. The zero-order chi connectivity index (χ0) is 36.3. The number of rotatable bonds is 6. The highest BCUT2D eigenvalue weighted by Gasteiger charge is 2.23. The van der Waals surface area contributed by atoms with Gasteiger partial charge in [0.2, 0.25) is 0 Å². The van der Waals surface area contributed by atoms with Gasteiger partial charge >= 0.3 is 0 Å². The molecule has 0 fully saturated rings. The zero-order valence-electron chi connectivity index (χ0n) is 29.8. The van der Waals surface area contributed by atoms with Crippen LogP contribution in [-0.2, 0) is 0 Å². The quantitative estimate of drug-likeness (QED) is 0.170. The fraction of sp³-hybridized carbons (Fsp3) is 0. The molecule has 2 heterocycles. The molecule has 0 atom stereocenters. The largest absolute Gasteiger partial charge is 0.453 e. The maximum absolute atomic E-state index is 7.03. The molecule has 0 N–H and O–H groups in total. The topological polar surface area (TPSA) is 16.4 Å². The van der Waals surface area contributed by atoms with E-state index in [4.69, 9.17) is 4.42 Å². The minimum Gasteiger partial charge on any atom is -0.453 e. The number of fused-ring (bicyclic) bond motifs is 7. The lowest BCUT2D eigenvalue weighted by Crippen LogP contribution is -2.11. The molecule has 0 aliphatic carbocycles. The third-order valence-corrected chi connectivity index (χ3v) is 12.1. The highest BCUT2D eigenvalue weighted by molar-refractivity contribution is 7.26. The minimum absolute atomic E-state index is 0.855. The Bertz CT molecular complexity index is 3210. The van der Waals surface area contributed by atoms with Crippen LogP contribution in [0.5, 0.6) is 0 Å². The van der Waals surface area contributed by atoms with Crippen molar-refractivity contribution in [3.05, 3.63) is 200 Å². The average molecular weight is 720 g/mol. The van der Waals surface area contributed by atoms with Crippen LogP contribution in [0.2, 0.25) is 0 Å². The standard InChI is InChI=1S/C52H33NOS/c1-2-14-35(15-3-1)41-19-10-21-44-45-22-12-25-48(51(45)54-50(41)44)53(47-24-8-6-17-40(47)38-28-27-34-13-4-5-16-37(34)33-38)39-31-29-36(30-32-39)42-20-11-23-46-43-18-7-9-26-49(43)55-52(42)46/h1-33H. The molecule has 0 saturated carbocycles. The Labute approximate surface area is 322 Å². The van der Waals surface area contributed by atoms with Gasteiger partial charge in [-0.25, -0.2) is 0 Å². The SMILES string of the molecule is c1ccc(-c2cccc3c2oc2c(N(c4ccc(-c5cccc6c5sc5ccccc56)cc4)c4ccccc4-c4ccc5ccccc5c4)cccc23)cc1. The van der Waals surface area contributed by atoms with Crippen LogP contribution in [0.3, 0.4) is 0 Å². The highest BCUT2D eigenvalue weighted by atomic mass is 32.1. The number of anilines is 3. The van der Waals surface area contributed by atoms with E-state index >= 15 is 0 Å². The summed E-state index contributed by atoms with van der Waals surface area (Å²) >= 11 is 1.87. The second-order valence-electron chi connectivity index (χ2n) is 14.0. The van der Waals surface area contributed by atoms with Crippen molar-refractivity contribution in [2.24, 2.45) is 0 Å². The van der Waals surface area contributed by atoms with Crippen molar-refractivity contribution < 1.29 is 4.42 Å². The molecule has 2 nitrogen and oxygen atoms in total. The summed E-state index contributed by atoms with van der Waals surface area (Å²) in [6, 6.07) is 72.0. The van der Waals surface area contributed by atoms with E-state index in [2.05, 4.69) is 205 Å². The van der Waals surface area contributed by atoms with E-state index in [9.17, 15) is 0 Å². The number of hydrogen-bond donors (Lipinski definition) is 0. The summed E-state index contributed by atoms with van der Waals surface area (Å²) in [5, 5.41) is 7.26. The second-order valence-corrected chi connectivity index (χ2v) is 15.1. The third kappa shape index (κ3) is 5.24. The maximum Gasteiger partial charge on any atom is 0.159 e. The molecule has 0 bridgehead atoms. The maximum atomic E-state index is 7.03. The van der Waals surface area contributed by atoms with Gasteiger partial charge in [0, 0.05) is 47.8 Å². The molecule has 0 radical (unpaired) electrons. The van der Waals surface area contributed by atoms with Crippen LogP contribution in [0.1, 0.15) is 0 Å². The van der Waals surface area contributed by atoms with Gasteiger partial charge in [0.25, 0.3) is 0 Å². The smallest absolute Gasteiger partial charge is 0.159 e. The first-order valence-electron chi connectivity index (χ1n) is 18.7. The fourth-order valence-corrected chi connectivity index (χ4v) is 9.51. The molecule has 0 unspecified atom stereocenters. The van der Waals surface area contributed by atoms with Gasteiger partial charge in [-0.15, -0.1) is 11.3 Å². The van der Waals surface area contributed by atoms with Crippen LogP contribution in [0.25, 0.3) is 86.3 Å². The summed E-state index contributed by atoms with van der Waals surface area (Å²) in [4.78, 5) is 2.38. The van der Waals surface area contributed by atoms with E-state index in [1.807, 2.05) is 11.3 Å². The van der Waals surface area contributed by atoms with Crippen molar-refractivity contribution in [3.8, 4) is 33.4 Å². The van der Waals surface area contributed by atoms with Crippen LogP contribution in [0.4, 0.5) is 17.1 Å². The van der Waals surface area contributed by atoms with Crippen LogP contribution >= 0.6 is 11.3 Å². The van der Waals surface area contributed by atoms with Crippen molar-refractivity contribution in [3.63, 3.8) is 0 Å². The molecular formula is C52H33NOS. The van der Waals surface area contributed by atoms with Gasteiger partial charge < -0.3 is 9.32 Å². The van der Waals surface area contributed by atoms with E-state index in [1.165, 1.54) is 42.1 Å². The molecule has 0 saturated heterocycles. The van der Waals surface area contributed by atoms with Gasteiger partial charge in [-0.3, -0.25) is 0 Å². The predicted octanol–water partition coefficient (Wildman–Crippen LogP) is 15.6. The van der Waals surface area contributed by atoms with Crippen molar-refractivity contribution in [2.75, 3.05) is 4.90 Å². The number of thiophene rings is 1. The molecule has 11 rings (SSSR count). The molecule has 2 aromatic heterocycles. The highest BCUT2D eigenvalue weighted by Crippen LogP contribution is 2.47. The molecule has 0 aliphatic heterocycles. The Morgan fingerprint density at radius 1 is 0.364 bits per heavy atom. The Morgan fingerprint density at radius 3 is 1.84 bits per heavy atom. The lowest BCUT2D eigenvalue weighted by atomic mass is 9.98. The van der Waals surface area contributed by atoms with Crippen molar-refractivity contribution in [1.82, 2.24) is 0 Å². The minimum atomic E-state index is 0.855. The average Bonchev–Trinajstić information content (AvgIpc) is 3.84. The van der Waals surface area contributed by atoms with Gasteiger partial charge in [-0.1, -0.05) is 164 Å². The normalized spacial score (nSPS) is 11.6. The van der Waals surface area contributed by atoms with E-state index < -0.39 is 0 Å². The molecule has 0 amide bonds. The summed E-state index contributed by atoms with van der Waals surface area (Å²) in [6.45, 7) is 0. The molecule has 0 spiro atoms. The van der Waals surface area contributed by atoms with E-state index in [0.717, 1.165) is 61.3 Å². The summed E-state index contributed by atoms with van der Waals surface area (Å²) < 4.78 is 9.65. The van der Waals surface area contributed by atoms with Gasteiger partial charge in [-0.05, 0) is 69.4 Å². The number of hydrogen-bond acceptors (Lipinski definition) is 3. The summed E-state index contributed by atoms with van der Waals surface area (Å²) in [5.74, 6) is 0. The lowest BCUT2D eigenvalue weighted by Gasteiger charge is -2.28. The molecular weight excluding hydrogens is 687 g/mol. The Morgan fingerprint density at radius 2 is 0.964 bits per heavy atom. The Kier molecular flexibility index (Phi) is 7.39. The molecule has 3 heteroatoms. The summed E-state index contributed by atoms with van der Waals surface area (Å²) in [7, 11) is 0. The van der Waals surface area contributed by atoms with Crippen LogP contribution in [-0.4, -0.2) is 0 Å². The Balaban J connectivity index is 1.13. The Hall–Kier alpha value is -6.94. The first kappa shape index (κ1) is 31.6. The first-order chi connectivity index (χ1) is 27.3. The van der Waals surface area contributed by atoms with Crippen LogP contribution in [0, 0.1) is 0 Å². The number of para-hydroxylation sites is 3. The van der Waals surface area contributed by atoms with E-state index in [-0.39, 0.29) is 0 Å². The van der Waals surface area contributed by atoms with Crippen LogP contribution in [0.15, 0.2) is 205 Å². The van der Waals surface area contributed by atoms with E-state index in [0.29, 0.717) is 0 Å². The zero-order valence-corrected chi connectivity index (χ0v) is 30.6. The molecule has 258 valence electrons. The summed E-state index contributed by atoms with van der Waals surface area (Å²) in [6.07, 6.45) is 0. The molecule has 55 heavy (non-hydrogen) atoms. The van der Waals surface area contributed by atoms with Crippen molar-refractivity contribution in [1.29, 1.82) is 0 Å². The van der Waals surface area contributed by atoms with Gasteiger partial charge in [-0.2, -0.15) is 0 Å². The third-order valence-electron chi connectivity index (χ3n) is 10.9. The fourth-order valence-electron chi connectivity index (χ4n) is 8.27. The monoisotopic (exact) mass is 719 g/mol. The predicted molar refractivity (Wildman–Crippen MR) is 235 cm³/mol. The molecule has 9 aromatic carbocycles. The van der Waals surface area contributed by atoms with Crippen molar-refractivity contribution in [2.45, 2.75) is 0 Å². The number of benzene rings is 9. The molecule has 0 aliphatic rings. The lowest BCUT2D eigenvalue weighted by molar-refractivity contribution is 0.670. The van der Waals surface area contributed by atoms with Gasteiger partial charge in [0.15, 0.2) is 5.58 Å². The summed E-state index contributed by atoms with van der Waals surface area (Å²) in [5.41, 5.74) is 11.8. The number of nitrogens with zero attached hydrogens (tertiary/aromatic N) is 1. The van der Waals surface area contributed by atoms with Gasteiger partial charge in [0.1, 0.15) is 5.58 Å². The van der Waals surface area contributed by atoms with E-state index in [1.54, 1.807) is 0 Å².